The van der Waals surface area contributed by atoms with E-state index in [2.05, 4.69) is 10.3 Å². The van der Waals surface area contributed by atoms with Gasteiger partial charge in [0.1, 0.15) is 0 Å². The minimum Gasteiger partial charge on any atom is -0.409 e. The molecule has 0 saturated heterocycles. The molecule has 1 fully saturated rings. The number of non-ortho nitro benzene ring substituents is 1. The third-order valence-electron chi connectivity index (χ3n) is 3.43. The second-order valence-electron chi connectivity index (χ2n) is 4.90. The molecule has 8 heteroatoms. The van der Waals surface area contributed by atoms with Gasteiger partial charge in [0.05, 0.1) is 21.9 Å². The minimum absolute atomic E-state index is 0.130. The van der Waals surface area contributed by atoms with E-state index >= 15 is 0 Å². The smallest absolute Gasteiger partial charge is 0.270 e. The molecular weight excluding hydrogens is 274 g/mol. The molecule has 0 aliphatic heterocycles. The van der Waals surface area contributed by atoms with Crippen LogP contribution >= 0.6 is 0 Å². The molecule has 1 aliphatic carbocycles. The van der Waals surface area contributed by atoms with Gasteiger partial charge in [0.15, 0.2) is 5.84 Å². The van der Waals surface area contributed by atoms with Gasteiger partial charge in [-0.1, -0.05) is 5.16 Å². The van der Waals surface area contributed by atoms with Crippen molar-refractivity contribution in [3.8, 4) is 5.69 Å². The summed E-state index contributed by atoms with van der Waals surface area (Å²) in [5.41, 5.74) is 7.26. The summed E-state index contributed by atoms with van der Waals surface area (Å²) in [5, 5.41) is 27.1. The highest BCUT2D eigenvalue weighted by Gasteiger charge is 2.26. The lowest BCUT2D eigenvalue weighted by Crippen LogP contribution is -2.17. The molecule has 0 atom stereocenters. The van der Waals surface area contributed by atoms with E-state index in [4.69, 9.17) is 10.9 Å². The van der Waals surface area contributed by atoms with Gasteiger partial charge in [0.25, 0.3) is 5.69 Å². The number of nitrogens with two attached hydrogens (primary N) is 1. The van der Waals surface area contributed by atoms with E-state index in [0.717, 1.165) is 18.5 Å². The summed E-state index contributed by atoms with van der Waals surface area (Å²) in [5.74, 6) is 0.300. The first kappa shape index (κ1) is 13.1. The molecule has 1 aromatic carbocycles. The van der Waals surface area contributed by atoms with Crippen molar-refractivity contribution in [3.63, 3.8) is 0 Å². The Hall–Kier alpha value is -2.90. The summed E-state index contributed by atoms with van der Waals surface area (Å²) in [6, 6.07) is 6.08. The molecule has 0 amide bonds. The van der Waals surface area contributed by atoms with Gasteiger partial charge in [-0.15, -0.1) is 0 Å². The normalized spacial score (nSPS) is 15.1. The fourth-order valence-electron chi connectivity index (χ4n) is 2.17. The number of hydrogen-bond acceptors (Lipinski definition) is 5. The molecule has 21 heavy (non-hydrogen) atoms. The van der Waals surface area contributed by atoms with Crippen LogP contribution in [0.5, 0.6) is 0 Å². The quantitative estimate of drug-likeness (QED) is 0.292. The van der Waals surface area contributed by atoms with Gasteiger partial charge in [0.2, 0.25) is 0 Å². The zero-order chi connectivity index (χ0) is 15.0. The summed E-state index contributed by atoms with van der Waals surface area (Å²) in [4.78, 5) is 10.3. The van der Waals surface area contributed by atoms with Crippen molar-refractivity contribution in [1.82, 2.24) is 9.78 Å². The summed E-state index contributed by atoms with van der Waals surface area (Å²) in [7, 11) is 0. The number of oxime groups is 1. The molecule has 8 nitrogen and oxygen atoms in total. The summed E-state index contributed by atoms with van der Waals surface area (Å²) in [6.45, 7) is 0. The molecule has 0 spiro atoms. The van der Waals surface area contributed by atoms with E-state index in [1.165, 1.54) is 18.2 Å². The molecule has 3 rings (SSSR count). The number of aromatic nitrogens is 2. The molecule has 0 unspecified atom stereocenters. The average molecular weight is 287 g/mol. The van der Waals surface area contributed by atoms with Gasteiger partial charge >= 0.3 is 0 Å². The van der Waals surface area contributed by atoms with Crippen molar-refractivity contribution in [2.75, 3.05) is 0 Å². The van der Waals surface area contributed by atoms with Crippen molar-refractivity contribution < 1.29 is 10.1 Å². The predicted octanol–water partition coefficient (Wildman–Crippen LogP) is 1.75. The van der Waals surface area contributed by atoms with Crippen molar-refractivity contribution >= 4 is 11.5 Å². The maximum atomic E-state index is 10.9. The lowest BCUT2D eigenvalue weighted by atomic mass is 10.1. The number of benzene rings is 1. The van der Waals surface area contributed by atoms with E-state index in [9.17, 15) is 10.1 Å². The second-order valence-corrected chi connectivity index (χ2v) is 4.90. The fourth-order valence-corrected chi connectivity index (χ4v) is 2.17. The minimum atomic E-state index is -0.531. The SMILES string of the molecule is NC(=NO)c1cc([N+](=O)[O-])ccc1-n1ccc(C2CC2)n1. The van der Waals surface area contributed by atoms with E-state index in [-0.39, 0.29) is 17.1 Å². The molecule has 0 bridgehead atoms. The lowest BCUT2D eigenvalue weighted by molar-refractivity contribution is -0.384. The predicted molar refractivity (Wildman–Crippen MR) is 74.7 cm³/mol. The molecule has 2 aromatic rings. The fraction of sp³-hybridized carbons (Fsp3) is 0.231. The van der Waals surface area contributed by atoms with Crippen molar-refractivity contribution in [2.24, 2.45) is 10.9 Å². The number of nitro groups is 1. The zero-order valence-corrected chi connectivity index (χ0v) is 11.0. The first-order valence-electron chi connectivity index (χ1n) is 6.42. The van der Waals surface area contributed by atoms with Gasteiger partial charge in [0, 0.05) is 24.2 Å². The number of hydrogen-bond donors (Lipinski definition) is 2. The Balaban J connectivity index is 2.09. The highest BCUT2D eigenvalue weighted by atomic mass is 16.6. The van der Waals surface area contributed by atoms with Crippen LogP contribution < -0.4 is 5.73 Å². The van der Waals surface area contributed by atoms with Crippen LogP contribution in [0.4, 0.5) is 5.69 Å². The summed E-state index contributed by atoms with van der Waals surface area (Å²) >= 11 is 0. The van der Waals surface area contributed by atoms with Crippen LogP contribution in [0.3, 0.4) is 0 Å². The first-order valence-corrected chi connectivity index (χ1v) is 6.42. The van der Waals surface area contributed by atoms with Crippen LogP contribution in [0.2, 0.25) is 0 Å². The molecular formula is C13H13N5O3. The number of nitrogens with zero attached hydrogens (tertiary/aromatic N) is 4. The number of rotatable bonds is 4. The topological polar surface area (TPSA) is 120 Å². The molecule has 3 N–H and O–H groups in total. The highest BCUT2D eigenvalue weighted by molar-refractivity contribution is 6.00. The van der Waals surface area contributed by atoms with E-state index in [1.54, 1.807) is 10.9 Å². The summed E-state index contributed by atoms with van der Waals surface area (Å²) < 4.78 is 1.59. The van der Waals surface area contributed by atoms with Crippen LogP contribution in [-0.2, 0) is 0 Å². The average Bonchev–Trinajstić information content (AvgIpc) is 3.23. The lowest BCUT2D eigenvalue weighted by Gasteiger charge is -2.08. The number of amidine groups is 1. The zero-order valence-electron chi connectivity index (χ0n) is 11.0. The highest BCUT2D eigenvalue weighted by Crippen LogP contribution is 2.39. The van der Waals surface area contributed by atoms with Gasteiger partial charge in [-0.25, -0.2) is 4.68 Å². The maximum Gasteiger partial charge on any atom is 0.270 e. The Kier molecular flexibility index (Phi) is 3.05. The Morgan fingerprint density at radius 1 is 1.48 bits per heavy atom. The van der Waals surface area contributed by atoms with Crippen LogP contribution in [0.15, 0.2) is 35.6 Å². The van der Waals surface area contributed by atoms with E-state index < -0.39 is 4.92 Å². The van der Waals surface area contributed by atoms with Gasteiger partial charge < -0.3 is 10.9 Å². The molecule has 1 saturated carbocycles. The monoisotopic (exact) mass is 287 g/mol. The van der Waals surface area contributed by atoms with Crippen molar-refractivity contribution in [1.29, 1.82) is 0 Å². The van der Waals surface area contributed by atoms with E-state index in [0.29, 0.717) is 11.6 Å². The standard InChI is InChI=1S/C13H13N5O3/c14-13(16-19)10-7-9(18(20)21)3-4-12(10)17-6-5-11(15-17)8-1-2-8/h3-8,19H,1-2H2,(H2,14,16). The van der Waals surface area contributed by atoms with E-state index in [1.807, 2.05) is 6.07 Å². The molecule has 108 valence electrons. The molecule has 0 radical (unpaired) electrons. The Morgan fingerprint density at radius 2 is 2.24 bits per heavy atom. The maximum absolute atomic E-state index is 10.9. The molecule has 1 aliphatic rings. The van der Waals surface area contributed by atoms with Gasteiger partial charge in [-0.3, -0.25) is 10.1 Å². The van der Waals surface area contributed by atoms with Crippen LogP contribution in [0.25, 0.3) is 5.69 Å². The van der Waals surface area contributed by atoms with Gasteiger partial charge in [-0.2, -0.15) is 5.10 Å². The van der Waals surface area contributed by atoms with Crippen LogP contribution in [0, 0.1) is 10.1 Å². The third-order valence-corrected chi connectivity index (χ3v) is 3.43. The van der Waals surface area contributed by atoms with Crippen molar-refractivity contribution in [2.45, 2.75) is 18.8 Å². The second kappa shape index (κ2) is 4.89. The largest absolute Gasteiger partial charge is 0.409 e. The third kappa shape index (κ3) is 2.42. The first-order chi connectivity index (χ1) is 10.1. The van der Waals surface area contributed by atoms with Crippen LogP contribution in [-0.4, -0.2) is 25.7 Å². The number of nitro benzene ring substituents is 1. The van der Waals surface area contributed by atoms with Gasteiger partial charge in [-0.05, 0) is 25.0 Å². The molecule has 1 heterocycles. The Bertz CT molecular complexity index is 733. The molecule has 1 aromatic heterocycles. The Morgan fingerprint density at radius 3 is 2.86 bits per heavy atom. The van der Waals surface area contributed by atoms with Crippen molar-refractivity contribution in [3.05, 3.63) is 51.8 Å². The summed E-state index contributed by atoms with van der Waals surface area (Å²) in [6.07, 6.45) is 4.03. The van der Waals surface area contributed by atoms with Crippen LogP contribution in [0.1, 0.15) is 30.0 Å². The Labute approximate surface area is 119 Å².